The number of hydrogen-bond acceptors (Lipinski definition) is 1. The first-order valence-electron chi connectivity index (χ1n) is 5.06. The zero-order valence-corrected chi connectivity index (χ0v) is 9.83. The van der Waals surface area contributed by atoms with Gasteiger partial charge in [0, 0.05) is 5.69 Å². The van der Waals surface area contributed by atoms with Crippen LogP contribution >= 0.6 is 0 Å². The van der Waals surface area contributed by atoms with E-state index in [1.54, 1.807) is 0 Å². The lowest BCUT2D eigenvalue weighted by atomic mass is 10.2. The van der Waals surface area contributed by atoms with Crippen LogP contribution in [-0.4, -0.2) is 4.21 Å². The molecule has 1 unspecified atom stereocenters. The highest BCUT2D eigenvalue weighted by molar-refractivity contribution is 7.86. The molecule has 1 atom stereocenters. The monoisotopic (exact) mass is 231 g/mol. The molecule has 0 aliphatic rings. The van der Waals surface area contributed by atoms with Crippen LogP contribution < -0.4 is 4.72 Å². The topological polar surface area (TPSA) is 29.1 Å². The Morgan fingerprint density at radius 3 is 2.44 bits per heavy atom. The lowest BCUT2D eigenvalue weighted by Crippen LogP contribution is -2.04. The van der Waals surface area contributed by atoms with Gasteiger partial charge in [-0.25, -0.2) is 4.21 Å². The summed E-state index contributed by atoms with van der Waals surface area (Å²) in [7, 11) is -1.19. The van der Waals surface area contributed by atoms with Gasteiger partial charge in [0.1, 0.15) is 11.0 Å². The smallest absolute Gasteiger partial charge is 0.150 e. The lowest BCUT2D eigenvalue weighted by molar-refractivity contribution is 0.686. The molecule has 0 saturated heterocycles. The lowest BCUT2D eigenvalue weighted by Gasteiger charge is -2.06. The Hall–Kier alpha value is -1.61. The van der Waals surface area contributed by atoms with E-state index in [2.05, 4.69) is 4.72 Å². The summed E-state index contributed by atoms with van der Waals surface area (Å²) in [5, 5.41) is 0. The van der Waals surface area contributed by atoms with Crippen LogP contribution in [-0.2, 0) is 11.0 Å². The highest BCUT2D eigenvalue weighted by Crippen LogP contribution is 2.13. The molecule has 16 heavy (non-hydrogen) atoms. The molecule has 0 bridgehead atoms. The second-order valence-corrected chi connectivity index (χ2v) is 4.77. The first-order chi connectivity index (χ1) is 7.75. The first kappa shape index (κ1) is 10.9. The van der Waals surface area contributed by atoms with Crippen molar-refractivity contribution in [2.24, 2.45) is 0 Å². The molecule has 0 amide bonds. The van der Waals surface area contributed by atoms with E-state index < -0.39 is 11.0 Å². The van der Waals surface area contributed by atoms with Gasteiger partial charge >= 0.3 is 0 Å². The molecule has 2 rings (SSSR count). The summed E-state index contributed by atoms with van der Waals surface area (Å²) in [6.07, 6.45) is 0. The Bertz CT molecular complexity index is 496. The van der Waals surface area contributed by atoms with E-state index in [0.717, 1.165) is 16.1 Å². The van der Waals surface area contributed by atoms with Crippen molar-refractivity contribution in [3.63, 3.8) is 0 Å². The standard InChI is InChI=1S/C13H13NOS/c1-11-6-5-7-12(10-11)14-16(15)13-8-3-2-4-9-13/h2-10,14H,1H3. The minimum Gasteiger partial charge on any atom is -0.301 e. The molecule has 0 saturated carbocycles. The Kier molecular flexibility index (Phi) is 3.37. The van der Waals surface area contributed by atoms with E-state index in [0.29, 0.717) is 0 Å². The molecule has 2 aromatic carbocycles. The van der Waals surface area contributed by atoms with Crippen molar-refractivity contribution >= 4 is 16.7 Å². The van der Waals surface area contributed by atoms with Crippen LogP contribution in [0.25, 0.3) is 0 Å². The second-order valence-electron chi connectivity index (χ2n) is 3.55. The molecule has 0 aliphatic carbocycles. The van der Waals surface area contributed by atoms with E-state index >= 15 is 0 Å². The number of anilines is 1. The van der Waals surface area contributed by atoms with E-state index in [1.165, 1.54) is 0 Å². The molecule has 0 heterocycles. The predicted molar refractivity (Wildman–Crippen MR) is 67.7 cm³/mol. The van der Waals surface area contributed by atoms with Crippen LogP contribution in [0, 0.1) is 6.92 Å². The van der Waals surface area contributed by atoms with Gasteiger partial charge < -0.3 is 4.72 Å². The average Bonchev–Trinajstić information content (AvgIpc) is 2.30. The maximum atomic E-state index is 11.9. The van der Waals surface area contributed by atoms with Gasteiger partial charge in [0.2, 0.25) is 0 Å². The van der Waals surface area contributed by atoms with E-state index in [1.807, 2.05) is 61.5 Å². The summed E-state index contributed by atoms with van der Waals surface area (Å²) < 4.78 is 14.9. The summed E-state index contributed by atoms with van der Waals surface area (Å²) in [4.78, 5) is 0.781. The van der Waals surface area contributed by atoms with E-state index in [9.17, 15) is 4.21 Å². The first-order valence-corrected chi connectivity index (χ1v) is 6.21. The molecule has 0 aromatic heterocycles. The maximum absolute atomic E-state index is 11.9. The zero-order valence-electron chi connectivity index (χ0n) is 9.01. The van der Waals surface area contributed by atoms with Crippen LogP contribution in [0.2, 0.25) is 0 Å². The minimum atomic E-state index is -1.19. The average molecular weight is 231 g/mol. The van der Waals surface area contributed by atoms with Crippen molar-refractivity contribution in [3.05, 3.63) is 60.2 Å². The molecular formula is C13H13NOS. The van der Waals surface area contributed by atoms with Crippen molar-refractivity contribution < 1.29 is 4.21 Å². The van der Waals surface area contributed by atoms with Crippen molar-refractivity contribution in [2.75, 3.05) is 4.72 Å². The Balaban J connectivity index is 2.14. The SMILES string of the molecule is Cc1cccc(NS(=O)c2ccccc2)c1. The maximum Gasteiger partial charge on any atom is 0.150 e. The Morgan fingerprint density at radius 2 is 1.75 bits per heavy atom. The number of aryl methyl sites for hydroxylation is 1. The van der Waals surface area contributed by atoms with Gasteiger partial charge in [-0.1, -0.05) is 30.3 Å². The highest BCUT2D eigenvalue weighted by atomic mass is 32.2. The number of nitrogens with one attached hydrogen (secondary N) is 1. The van der Waals surface area contributed by atoms with Crippen LogP contribution in [0.3, 0.4) is 0 Å². The summed E-state index contributed by atoms with van der Waals surface area (Å²) >= 11 is 0. The highest BCUT2D eigenvalue weighted by Gasteiger charge is 2.02. The van der Waals surface area contributed by atoms with Crippen molar-refractivity contribution in [3.8, 4) is 0 Å². The fraction of sp³-hybridized carbons (Fsp3) is 0.0769. The molecule has 3 heteroatoms. The summed E-state index contributed by atoms with van der Waals surface area (Å²) in [5.74, 6) is 0. The van der Waals surface area contributed by atoms with Crippen LogP contribution in [0.5, 0.6) is 0 Å². The van der Waals surface area contributed by atoms with Gasteiger partial charge in [0.25, 0.3) is 0 Å². The molecule has 0 radical (unpaired) electrons. The van der Waals surface area contributed by atoms with Crippen molar-refractivity contribution in [1.82, 2.24) is 0 Å². The molecule has 2 nitrogen and oxygen atoms in total. The minimum absolute atomic E-state index is 0.781. The van der Waals surface area contributed by atoms with Gasteiger partial charge in [-0.05, 0) is 36.8 Å². The number of benzene rings is 2. The third-order valence-corrected chi connectivity index (χ3v) is 3.31. The molecule has 0 spiro atoms. The van der Waals surface area contributed by atoms with Crippen LogP contribution in [0.4, 0.5) is 5.69 Å². The van der Waals surface area contributed by atoms with Gasteiger partial charge in [0.15, 0.2) is 0 Å². The normalized spacial score (nSPS) is 12.1. The van der Waals surface area contributed by atoms with Crippen molar-refractivity contribution in [2.45, 2.75) is 11.8 Å². The summed E-state index contributed by atoms with van der Waals surface area (Å²) in [6.45, 7) is 2.01. The van der Waals surface area contributed by atoms with Gasteiger partial charge in [0.05, 0.1) is 4.90 Å². The van der Waals surface area contributed by atoms with Crippen LogP contribution in [0.15, 0.2) is 59.5 Å². The second kappa shape index (κ2) is 4.94. The van der Waals surface area contributed by atoms with Crippen molar-refractivity contribution in [1.29, 1.82) is 0 Å². The predicted octanol–water partition coefficient (Wildman–Crippen LogP) is 3.13. The molecule has 0 aliphatic heterocycles. The van der Waals surface area contributed by atoms with E-state index in [-0.39, 0.29) is 0 Å². The summed E-state index contributed by atoms with van der Waals surface area (Å²) in [5.41, 5.74) is 2.03. The summed E-state index contributed by atoms with van der Waals surface area (Å²) in [6, 6.07) is 17.2. The third-order valence-electron chi connectivity index (χ3n) is 2.19. The Labute approximate surface area is 97.9 Å². The third kappa shape index (κ3) is 2.70. The zero-order chi connectivity index (χ0) is 11.4. The molecule has 82 valence electrons. The van der Waals surface area contributed by atoms with E-state index in [4.69, 9.17) is 0 Å². The number of rotatable bonds is 3. The molecule has 1 N–H and O–H groups in total. The van der Waals surface area contributed by atoms with Gasteiger partial charge in [-0.2, -0.15) is 0 Å². The fourth-order valence-electron chi connectivity index (χ4n) is 1.42. The molecule has 2 aromatic rings. The fourth-order valence-corrected chi connectivity index (χ4v) is 2.28. The Morgan fingerprint density at radius 1 is 1.00 bits per heavy atom. The van der Waals surface area contributed by atoms with Gasteiger partial charge in [-0.3, -0.25) is 0 Å². The van der Waals surface area contributed by atoms with Crippen LogP contribution in [0.1, 0.15) is 5.56 Å². The van der Waals surface area contributed by atoms with Gasteiger partial charge in [-0.15, -0.1) is 0 Å². The molecular weight excluding hydrogens is 218 g/mol. The number of hydrogen-bond donors (Lipinski definition) is 1. The molecule has 0 fully saturated rings. The quantitative estimate of drug-likeness (QED) is 0.864. The largest absolute Gasteiger partial charge is 0.301 e.